The molecular formula is C21H17F3N2O3. The molecule has 1 atom stereocenters. The van der Waals surface area contributed by atoms with Crippen LogP contribution in [0.1, 0.15) is 34.5 Å². The lowest BCUT2D eigenvalue weighted by Crippen LogP contribution is -2.38. The van der Waals surface area contributed by atoms with E-state index in [0.717, 1.165) is 10.8 Å². The Morgan fingerprint density at radius 1 is 1.10 bits per heavy atom. The zero-order valence-corrected chi connectivity index (χ0v) is 15.6. The van der Waals surface area contributed by atoms with Crippen LogP contribution in [0, 0.1) is 0 Å². The number of halogens is 3. The molecule has 0 saturated carbocycles. The van der Waals surface area contributed by atoms with E-state index in [9.17, 15) is 22.8 Å². The number of alkyl halides is 3. The van der Waals surface area contributed by atoms with Crippen LogP contribution in [-0.2, 0) is 4.79 Å². The van der Waals surface area contributed by atoms with E-state index in [1.807, 2.05) is 11.4 Å². The Balaban J connectivity index is 1.95. The first-order valence-electron chi connectivity index (χ1n) is 8.65. The number of hydrogen-bond acceptors (Lipinski definition) is 4. The SMILES string of the molecule is COc1cc([C@@H](C)NC(=O)C(F)(F)F)ccc1C(=O)c1cccc2cnccc12. The summed E-state index contributed by atoms with van der Waals surface area (Å²) in [7, 11) is 1.36. The second-order valence-corrected chi connectivity index (χ2v) is 6.38. The monoisotopic (exact) mass is 402 g/mol. The first-order valence-corrected chi connectivity index (χ1v) is 8.65. The van der Waals surface area contributed by atoms with Crippen molar-refractivity contribution in [3.63, 3.8) is 0 Å². The number of carbonyl (C=O) groups is 2. The second kappa shape index (κ2) is 7.90. The van der Waals surface area contributed by atoms with Gasteiger partial charge in [-0.2, -0.15) is 13.2 Å². The molecule has 0 aliphatic rings. The molecule has 150 valence electrons. The normalized spacial score (nSPS) is 12.4. The van der Waals surface area contributed by atoms with Crippen molar-refractivity contribution in [1.29, 1.82) is 0 Å². The van der Waals surface area contributed by atoms with Crippen molar-refractivity contribution in [1.82, 2.24) is 10.3 Å². The van der Waals surface area contributed by atoms with Gasteiger partial charge in [0.2, 0.25) is 0 Å². The van der Waals surface area contributed by atoms with Crippen LogP contribution < -0.4 is 10.1 Å². The van der Waals surface area contributed by atoms with Gasteiger partial charge in [-0.3, -0.25) is 14.6 Å². The minimum absolute atomic E-state index is 0.201. The summed E-state index contributed by atoms with van der Waals surface area (Å²) in [5.41, 5.74) is 1.09. The maximum absolute atomic E-state index is 13.1. The van der Waals surface area contributed by atoms with E-state index in [0.29, 0.717) is 11.1 Å². The first-order chi connectivity index (χ1) is 13.7. The van der Waals surface area contributed by atoms with Gasteiger partial charge in [0, 0.05) is 23.3 Å². The molecule has 1 aromatic heterocycles. The van der Waals surface area contributed by atoms with Crippen molar-refractivity contribution in [2.24, 2.45) is 0 Å². The van der Waals surface area contributed by atoms with Crippen LogP contribution in [0.5, 0.6) is 5.75 Å². The van der Waals surface area contributed by atoms with Gasteiger partial charge in [-0.25, -0.2) is 0 Å². The average Bonchev–Trinajstić information content (AvgIpc) is 2.71. The smallest absolute Gasteiger partial charge is 0.471 e. The topological polar surface area (TPSA) is 68.3 Å². The van der Waals surface area contributed by atoms with Crippen LogP contribution in [0.15, 0.2) is 54.9 Å². The van der Waals surface area contributed by atoms with E-state index in [-0.39, 0.29) is 17.1 Å². The average molecular weight is 402 g/mol. The van der Waals surface area contributed by atoms with Crippen molar-refractivity contribution >= 4 is 22.5 Å². The van der Waals surface area contributed by atoms with Crippen molar-refractivity contribution in [3.05, 3.63) is 71.5 Å². The van der Waals surface area contributed by atoms with Crippen LogP contribution in [-0.4, -0.2) is 30.0 Å². The summed E-state index contributed by atoms with van der Waals surface area (Å²) in [5, 5.41) is 3.41. The minimum atomic E-state index is -4.97. The van der Waals surface area contributed by atoms with Crippen LogP contribution in [0.3, 0.4) is 0 Å². The molecule has 1 amide bonds. The molecule has 0 aliphatic heterocycles. The zero-order valence-electron chi connectivity index (χ0n) is 15.6. The number of ether oxygens (including phenoxy) is 1. The molecule has 1 heterocycles. The molecule has 3 aromatic rings. The highest BCUT2D eigenvalue weighted by Gasteiger charge is 2.39. The highest BCUT2D eigenvalue weighted by molar-refractivity contribution is 6.17. The number of benzene rings is 2. The van der Waals surface area contributed by atoms with E-state index in [1.54, 1.807) is 30.6 Å². The number of hydrogen-bond donors (Lipinski definition) is 1. The number of rotatable bonds is 5. The van der Waals surface area contributed by atoms with E-state index in [1.165, 1.54) is 32.2 Å². The summed E-state index contributed by atoms with van der Waals surface area (Å²) in [6.45, 7) is 1.41. The summed E-state index contributed by atoms with van der Waals surface area (Å²) in [4.78, 5) is 28.3. The number of aromatic nitrogens is 1. The Hall–Kier alpha value is -3.42. The number of nitrogens with one attached hydrogen (secondary N) is 1. The Labute approximate surface area is 164 Å². The Morgan fingerprint density at radius 3 is 2.55 bits per heavy atom. The van der Waals surface area contributed by atoms with Crippen molar-refractivity contribution in [2.45, 2.75) is 19.1 Å². The Morgan fingerprint density at radius 2 is 1.86 bits per heavy atom. The second-order valence-electron chi connectivity index (χ2n) is 6.38. The fourth-order valence-corrected chi connectivity index (χ4v) is 2.99. The number of pyridine rings is 1. The van der Waals surface area contributed by atoms with Gasteiger partial charge in [-0.05, 0) is 36.1 Å². The van der Waals surface area contributed by atoms with Gasteiger partial charge < -0.3 is 10.1 Å². The van der Waals surface area contributed by atoms with Gasteiger partial charge in [-0.1, -0.05) is 24.3 Å². The third-order valence-corrected chi connectivity index (χ3v) is 4.50. The molecule has 5 nitrogen and oxygen atoms in total. The first kappa shape index (κ1) is 20.3. The predicted molar refractivity (Wildman–Crippen MR) is 101 cm³/mol. The van der Waals surface area contributed by atoms with Gasteiger partial charge in [0.05, 0.1) is 18.7 Å². The number of amides is 1. The lowest BCUT2D eigenvalue weighted by molar-refractivity contribution is -0.174. The Bertz CT molecular complexity index is 1070. The number of carbonyl (C=O) groups excluding carboxylic acids is 2. The van der Waals surface area contributed by atoms with Gasteiger partial charge in [0.1, 0.15) is 5.75 Å². The maximum atomic E-state index is 13.1. The Kier molecular flexibility index (Phi) is 5.54. The molecule has 0 bridgehead atoms. The molecule has 0 radical (unpaired) electrons. The number of methoxy groups -OCH3 is 1. The van der Waals surface area contributed by atoms with E-state index in [2.05, 4.69) is 4.98 Å². The lowest BCUT2D eigenvalue weighted by Gasteiger charge is -2.17. The molecule has 29 heavy (non-hydrogen) atoms. The molecule has 0 saturated heterocycles. The summed E-state index contributed by atoms with van der Waals surface area (Å²) in [6, 6.07) is 10.5. The number of fused-ring (bicyclic) bond motifs is 1. The van der Waals surface area contributed by atoms with Crippen molar-refractivity contribution in [3.8, 4) is 5.75 Å². The van der Waals surface area contributed by atoms with Crippen molar-refractivity contribution in [2.75, 3.05) is 7.11 Å². The largest absolute Gasteiger partial charge is 0.496 e. The third kappa shape index (κ3) is 4.21. The predicted octanol–water partition coefficient (Wildman–Crippen LogP) is 4.21. The van der Waals surface area contributed by atoms with Crippen LogP contribution in [0.2, 0.25) is 0 Å². The minimum Gasteiger partial charge on any atom is -0.496 e. The van der Waals surface area contributed by atoms with Crippen LogP contribution in [0.25, 0.3) is 10.8 Å². The fraction of sp³-hybridized carbons (Fsp3) is 0.190. The molecule has 0 fully saturated rings. The van der Waals surface area contributed by atoms with Crippen LogP contribution in [0.4, 0.5) is 13.2 Å². The summed E-state index contributed by atoms with van der Waals surface area (Å²) >= 11 is 0. The standard InChI is InChI=1S/C21H17F3N2O3/c1-12(26-20(28)21(22,23)24)13-6-7-17(18(10-13)29-2)19(27)16-5-3-4-14-11-25-9-8-15(14)16/h3-12H,1-2H3,(H,26,28)/t12-/m1/s1. The molecule has 0 unspecified atom stereocenters. The number of nitrogens with zero attached hydrogens (tertiary/aromatic N) is 1. The molecule has 2 aromatic carbocycles. The molecule has 3 rings (SSSR count). The van der Waals surface area contributed by atoms with Crippen molar-refractivity contribution < 1.29 is 27.5 Å². The summed E-state index contributed by atoms with van der Waals surface area (Å²) < 4.78 is 42.7. The highest BCUT2D eigenvalue weighted by atomic mass is 19.4. The quantitative estimate of drug-likeness (QED) is 0.649. The molecule has 1 N–H and O–H groups in total. The summed E-state index contributed by atoms with van der Waals surface area (Å²) in [5.74, 6) is -2.13. The van der Waals surface area contributed by atoms with E-state index < -0.39 is 18.1 Å². The molecule has 8 heteroatoms. The zero-order chi connectivity index (χ0) is 21.2. The summed E-state index contributed by atoms with van der Waals surface area (Å²) in [6.07, 6.45) is -1.74. The fourth-order valence-electron chi connectivity index (χ4n) is 2.99. The van der Waals surface area contributed by atoms with Gasteiger partial charge >= 0.3 is 12.1 Å². The number of ketones is 1. The van der Waals surface area contributed by atoms with Gasteiger partial charge in [0.25, 0.3) is 0 Å². The van der Waals surface area contributed by atoms with Gasteiger partial charge in [0.15, 0.2) is 5.78 Å². The lowest BCUT2D eigenvalue weighted by atomic mass is 9.96. The highest BCUT2D eigenvalue weighted by Crippen LogP contribution is 2.29. The van der Waals surface area contributed by atoms with E-state index >= 15 is 0 Å². The molecule has 0 aliphatic carbocycles. The molecular weight excluding hydrogens is 385 g/mol. The third-order valence-electron chi connectivity index (χ3n) is 4.50. The maximum Gasteiger partial charge on any atom is 0.471 e. The van der Waals surface area contributed by atoms with E-state index in [4.69, 9.17) is 4.74 Å². The van der Waals surface area contributed by atoms with Gasteiger partial charge in [-0.15, -0.1) is 0 Å². The molecule has 0 spiro atoms. The van der Waals surface area contributed by atoms with Crippen LogP contribution >= 0.6 is 0 Å².